The highest BCUT2D eigenvalue weighted by molar-refractivity contribution is 6.02. The monoisotopic (exact) mass is 443 g/mol. The molecule has 2 aliphatic heterocycles. The van der Waals surface area contributed by atoms with Crippen molar-refractivity contribution in [3.63, 3.8) is 0 Å². The lowest BCUT2D eigenvalue weighted by Crippen LogP contribution is -2.40. The minimum Gasteiger partial charge on any atom is -0.482 e. The molecule has 0 atom stereocenters. The molecule has 1 fully saturated rings. The van der Waals surface area contributed by atoms with E-state index in [1.54, 1.807) is 18.2 Å². The minimum absolute atomic E-state index is 0.0153. The van der Waals surface area contributed by atoms with E-state index in [2.05, 4.69) is 10.3 Å². The molecule has 0 unspecified atom stereocenters. The molecule has 3 heterocycles. The average molecular weight is 444 g/mol. The van der Waals surface area contributed by atoms with E-state index < -0.39 is 0 Å². The number of Topliss-reactive ketones (excluding diaryl/α,β-unsaturated/α-hetero) is 1. The number of likely N-dealkylation sites (tertiary alicyclic amines) is 1. The molecule has 0 radical (unpaired) electrons. The van der Waals surface area contributed by atoms with Crippen molar-refractivity contribution < 1.29 is 19.1 Å². The van der Waals surface area contributed by atoms with E-state index in [9.17, 15) is 14.4 Å². The number of amides is 2. The SMILES string of the molecule is Cc1ccc2cc(C(=O)N3CCC(C(=O)c4ccc5c(c4)NC(=O)CO5)CC3)c(C)nc2c1. The van der Waals surface area contributed by atoms with E-state index in [-0.39, 0.29) is 30.1 Å². The second-order valence-electron chi connectivity index (χ2n) is 8.80. The van der Waals surface area contributed by atoms with E-state index in [1.165, 1.54) is 0 Å². The maximum absolute atomic E-state index is 13.2. The first-order valence-corrected chi connectivity index (χ1v) is 11.2. The predicted molar refractivity (Wildman–Crippen MR) is 125 cm³/mol. The number of pyridine rings is 1. The fourth-order valence-corrected chi connectivity index (χ4v) is 4.58. The second-order valence-corrected chi connectivity index (χ2v) is 8.80. The van der Waals surface area contributed by atoms with E-state index >= 15 is 0 Å². The Morgan fingerprint density at radius 1 is 1.06 bits per heavy atom. The number of benzene rings is 2. The molecule has 3 aromatic rings. The number of rotatable bonds is 3. The topological polar surface area (TPSA) is 88.6 Å². The fraction of sp³-hybridized carbons (Fsp3) is 0.308. The summed E-state index contributed by atoms with van der Waals surface area (Å²) in [5, 5.41) is 3.69. The highest BCUT2D eigenvalue weighted by atomic mass is 16.5. The number of ketones is 1. The molecule has 0 bridgehead atoms. The molecule has 7 heteroatoms. The number of aryl methyl sites for hydroxylation is 2. The van der Waals surface area contributed by atoms with Crippen LogP contribution >= 0.6 is 0 Å². The van der Waals surface area contributed by atoms with Gasteiger partial charge in [-0.3, -0.25) is 19.4 Å². The van der Waals surface area contributed by atoms with Gasteiger partial charge in [-0.2, -0.15) is 0 Å². The minimum atomic E-state index is -0.229. The molecule has 2 amide bonds. The van der Waals surface area contributed by atoms with Crippen LogP contribution in [-0.2, 0) is 4.79 Å². The number of piperidine rings is 1. The Labute approximate surface area is 191 Å². The van der Waals surface area contributed by atoms with Gasteiger partial charge in [0.2, 0.25) is 0 Å². The van der Waals surface area contributed by atoms with E-state index in [0.717, 1.165) is 22.2 Å². The number of carbonyl (C=O) groups excluding carboxylic acids is 3. The third kappa shape index (κ3) is 4.06. The van der Waals surface area contributed by atoms with Crippen LogP contribution < -0.4 is 10.1 Å². The first-order chi connectivity index (χ1) is 15.9. The number of ether oxygens (including phenoxy) is 1. The van der Waals surface area contributed by atoms with Crippen LogP contribution in [0.25, 0.3) is 10.9 Å². The summed E-state index contributed by atoms with van der Waals surface area (Å²) in [7, 11) is 0. The van der Waals surface area contributed by atoms with Crippen molar-refractivity contribution in [1.29, 1.82) is 0 Å². The van der Waals surface area contributed by atoms with Gasteiger partial charge in [0.15, 0.2) is 12.4 Å². The van der Waals surface area contributed by atoms with Crippen LogP contribution in [0.15, 0.2) is 42.5 Å². The van der Waals surface area contributed by atoms with Gasteiger partial charge in [0.05, 0.1) is 22.5 Å². The number of carbonyl (C=O) groups is 3. The third-order valence-corrected chi connectivity index (χ3v) is 6.44. The van der Waals surface area contributed by atoms with Crippen molar-refractivity contribution in [2.45, 2.75) is 26.7 Å². The van der Waals surface area contributed by atoms with Crippen molar-refractivity contribution >= 4 is 34.2 Å². The van der Waals surface area contributed by atoms with E-state index in [4.69, 9.17) is 4.74 Å². The van der Waals surface area contributed by atoms with Gasteiger partial charge in [0, 0.05) is 30.0 Å². The third-order valence-electron chi connectivity index (χ3n) is 6.44. The van der Waals surface area contributed by atoms with Gasteiger partial charge in [-0.05, 0) is 62.6 Å². The number of nitrogens with zero attached hydrogens (tertiary/aromatic N) is 2. The quantitative estimate of drug-likeness (QED) is 0.620. The van der Waals surface area contributed by atoms with Gasteiger partial charge >= 0.3 is 0 Å². The summed E-state index contributed by atoms with van der Waals surface area (Å²) < 4.78 is 5.37. The first-order valence-electron chi connectivity index (χ1n) is 11.2. The molecule has 2 aromatic carbocycles. The van der Waals surface area contributed by atoms with Gasteiger partial charge in [-0.1, -0.05) is 12.1 Å². The maximum Gasteiger partial charge on any atom is 0.262 e. The van der Waals surface area contributed by atoms with Crippen molar-refractivity contribution in [3.05, 3.63) is 64.8 Å². The first kappa shape index (κ1) is 21.1. The molecule has 33 heavy (non-hydrogen) atoms. The Morgan fingerprint density at radius 3 is 2.64 bits per heavy atom. The van der Waals surface area contributed by atoms with E-state index in [1.807, 2.05) is 43.0 Å². The normalized spacial score (nSPS) is 16.2. The van der Waals surface area contributed by atoms with Crippen LogP contribution in [0.5, 0.6) is 5.75 Å². The van der Waals surface area contributed by atoms with Crippen LogP contribution in [-0.4, -0.2) is 47.2 Å². The number of hydrogen-bond acceptors (Lipinski definition) is 5. The van der Waals surface area contributed by atoms with Gasteiger partial charge < -0.3 is 15.0 Å². The number of hydrogen-bond donors (Lipinski definition) is 1. The molecular formula is C26H25N3O4. The van der Waals surface area contributed by atoms with Crippen LogP contribution in [0.4, 0.5) is 5.69 Å². The highest BCUT2D eigenvalue weighted by Gasteiger charge is 2.30. The summed E-state index contributed by atoms with van der Waals surface area (Å²) in [4.78, 5) is 44.3. The molecule has 1 aromatic heterocycles. The molecule has 0 saturated carbocycles. The standard InChI is InChI=1S/C26H25N3O4/c1-15-3-4-18-12-20(16(2)27-21(18)11-15)26(32)29-9-7-17(8-10-29)25(31)19-5-6-23-22(13-19)28-24(30)14-33-23/h3-6,11-13,17H,7-10,14H2,1-2H3,(H,28,30). The Hall–Kier alpha value is -3.74. The van der Waals surface area contributed by atoms with Crippen molar-refractivity contribution in [1.82, 2.24) is 9.88 Å². The molecule has 168 valence electrons. The van der Waals surface area contributed by atoms with Crippen molar-refractivity contribution in [2.24, 2.45) is 5.92 Å². The maximum atomic E-state index is 13.2. The zero-order chi connectivity index (χ0) is 23.1. The molecular weight excluding hydrogens is 418 g/mol. The summed E-state index contributed by atoms with van der Waals surface area (Å²) in [6.07, 6.45) is 1.20. The van der Waals surface area contributed by atoms with Crippen LogP contribution in [0, 0.1) is 19.8 Å². The molecule has 0 aliphatic carbocycles. The lowest BCUT2D eigenvalue weighted by molar-refractivity contribution is -0.118. The summed E-state index contributed by atoms with van der Waals surface area (Å²) in [6.45, 7) is 4.91. The molecule has 0 spiro atoms. The number of nitrogens with one attached hydrogen (secondary N) is 1. The summed E-state index contributed by atoms with van der Waals surface area (Å²) >= 11 is 0. The summed E-state index contributed by atoms with van der Waals surface area (Å²) in [5.41, 5.74) is 4.43. The number of fused-ring (bicyclic) bond motifs is 2. The molecule has 7 nitrogen and oxygen atoms in total. The predicted octanol–water partition coefficient (Wildman–Crippen LogP) is 3.92. The van der Waals surface area contributed by atoms with Crippen LogP contribution in [0.2, 0.25) is 0 Å². The Balaban J connectivity index is 1.28. The molecule has 2 aliphatic rings. The van der Waals surface area contributed by atoms with Gasteiger partial charge in [-0.15, -0.1) is 0 Å². The molecule has 1 N–H and O–H groups in total. The summed E-state index contributed by atoms with van der Waals surface area (Å²) in [6, 6.07) is 13.1. The molecule has 5 rings (SSSR count). The molecule has 1 saturated heterocycles. The smallest absolute Gasteiger partial charge is 0.262 e. The Morgan fingerprint density at radius 2 is 1.85 bits per heavy atom. The van der Waals surface area contributed by atoms with Crippen LogP contribution in [0.1, 0.15) is 44.8 Å². The fourth-order valence-electron chi connectivity index (χ4n) is 4.58. The number of aromatic nitrogens is 1. The van der Waals surface area contributed by atoms with E-state index in [0.29, 0.717) is 48.5 Å². The van der Waals surface area contributed by atoms with Crippen molar-refractivity contribution in [3.8, 4) is 5.75 Å². The Bertz CT molecular complexity index is 1290. The lowest BCUT2D eigenvalue weighted by atomic mass is 9.88. The van der Waals surface area contributed by atoms with Gasteiger partial charge in [0.25, 0.3) is 11.8 Å². The van der Waals surface area contributed by atoms with Gasteiger partial charge in [0.1, 0.15) is 5.75 Å². The van der Waals surface area contributed by atoms with Crippen molar-refractivity contribution in [2.75, 3.05) is 25.0 Å². The highest BCUT2D eigenvalue weighted by Crippen LogP contribution is 2.31. The van der Waals surface area contributed by atoms with Gasteiger partial charge in [-0.25, -0.2) is 0 Å². The lowest BCUT2D eigenvalue weighted by Gasteiger charge is -2.32. The largest absolute Gasteiger partial charge is 0.482 e. The average Bonchev–Trinajstić information content (AvgIpc) is 2.82. The number of anilines is 1. The van der Waals surface area contributed by atoms with Crippen LogP contribution in [0.3, 0.4) is 0 Å². The Kier molecular flexibility index (Phi) is 5.32. The zero-order valence-electron chi connectivity index (χ0n) is 18.7. The summed E-state index contributed by atoms with van der Waals surface area (Å²) in [5.74, 6) is 0.172. The zero-order valence-corrected chi connectivity index (χ0v) is 18.7. The second kappa shape index (κ2) is 8.31.